The molecule has 0 aliphatic carbocycles. The first kappa shape index (κ1) is 17.7. The molecule has 21 heavy (non-hydrogen) atoms. The largest absolute Gasteiger partial charge is 0.382 e. The fourth-order valence-electron chi connectivity index (χ4n) is 2.09. The minimum absolute atomic E-state index is 0.00164. The quantitative estimate of drug-likeness (QED) is 0.798. The molecule has 1 heterocycles. The molecule has 0 fully saturated rings. The van der Waals surface area contributed by atoms with E-state index < -0.39 is 0 Å². The maximum absolute atomic E-state index is 12.3. The molecule has 0 bridgehead atoms. The number of thiazole rings is 1. The molecule has 0 unspecified atom stereocenters. The van der Waals surface area contributed by atoms with E-state index >= 15 is 0 Å². The van der Waals surface area contributed by atoms with Crippen LogP contribution >= 0.6 is 11.3 Å². The third-order valence-electron chi connectivity index (χ3n) is 3.12. The lowest BCUT2D eigenvalue weighted by molar-refractivity contribution is 0.0934. The number of amides is 1. The molecule has 0 aliphatic heterocycles. The molecular weight excluding hydrogens is 286 g/mol. The van der Waals surface area contributed by atoms with Crippen LogP contribution in [0.3, 0.4) is 0 Å². The maximum Gasteiger partial charge on any atom is 0.265 e. The number of carbonyl (C=O) groups excluding carboxylic acids is 1. The van der Waals surface area contributed by atoms with Gasteiger partial charge in [0.2, 0.25) is 0 Å². The normalized spacial score (nSPS) is 11.8. The molecule has 0 saturated heterocycles. The van der Waals surface area contributed by atoms with E-state index in [0.29, 0.717) is 17.2 Å². The number of carbonyl (C=O) groups is 1. The number of hydrogen-bond acceptors (Lipinski definition) is 6. The third kappa shape index (κ3) is 5.17. The zero-order chi connectivity index (χ0) is 16.2. The van der Waals surface area contributed by atoms with Gasteiger partial charge in [-0.15, -0.1) is 0 Å². The predicted octanol–water partition coefficient (Wildman–Crippen LogP) is 1.50. The van der Waals surface area contributed by atoms with E-state index in [1.807, 2.05) is 33.0 Å². The highest BCUT2D eigenvalue weighted by Gasteiger charge is 2.22. The Balaban J connectivity index is 2.70. The van der Waals surface area contributed by atoms with Crippen molar-refractivity contribution < 1.29 is 4.79 Å². The molecule has 1 aromatic rings. The Labute approximate surface area is 131 Å². The Bertz CT molecular complexity index is 484. The number of nitrogen functional groups attached to an aromatic ring is 1. The SMILES string of the molecule is CCN(C)c1nc(N)c(C(=O)NCC(C)(C)CN(C)C)s1. The van der Waals surface area contributed by atoms with E-state index in [0.717, 1.165) is 18.2 Å². The first-order chi connectivity index (χ1) is 9.66. The lowest BCUT2D eigenvalue weighted by Gasteiger charge is -2.28. The van der Waals surface area contributed by atoms with Gasteiger partial charge in [0.05, 0.1) is 0 Å². The van der Waals surface area contributed by atoms with Crippen LogP contribution in [-0.2, 0) is 0 Å². The molecule has 0 saturated carbocycles. The van der Waals surface area contributed by atoms with E-state index in [9.17, 15) is 4.79 Å². The number of anilines is 2. The molecule has 1 aromatic heterocycles. The molecule has 6 nitrogen and oxygen atoms in total. The molecule has 7 heteroatoms. The second-order valence-electron chi connectivity index (χ2n) is 6.31. The van der Waals surface area contributed by atoms with Crippen molar-refractivity contribution in [1.29, 1.82) is 0 Å². The van der Waals surface area contributed by atoms with Gasteiger partial charge in [0, 0.05) is 26.7 Å². The van der Waals surface area contributed by atoms with Gasteiger partial charge >= 0.3 is 0 Å². The van der Waals surface area contributed by atoms with Crippen LogP contribution in [0.1, 0.15) is 30.4 Å². The zero-order valence-electron chi connectivity index (χ0n) is 13.9. The molecule has 1 rings (SSSR count). The Kier molecular flexibility index (Phi) is 5.98. The number of rotatable bonds is 7. The van der Waals surface area contributed by atoms with Crippen LogP contribution in [0.15, 0.2) is 0 Å². The first-order valence-electron chi connectivity index (χ1n) is 7.06. The zero-order valence-corrected chi connectivity index (χ0v) is 14.7. The van der Waals surface area contributed by atoms with Crippen molar-refractivity contribution in [2.45, 2.75) is 20.8 Å². The fraction of sp³-hybridized carbons (Fsp3) is 0.714. The summed E-state index contributed by atoms with van der Waals surface area (Å²) in [6, 6.07) is 0. The molecule has 0 aliphatic rings. The van der Waals surface area contributed by atoms with E-state index in [4.69, 9.17) is 5.73 Å². The highest BCUT2D eigenvalue weighted by atomic mass is 32.1. The van der Waals surface area contributed by atoms with Crippen LogP contribution in [0, 0.1) is 5.41 Å². The summed E-state index contributed by atoms with van der Waals surface area (Å²) < 4.78 is 0. The van der Waals surface area contributed by atoms with Crippen LogP contribution in [0.4, 0.5) is 10.9 Å². The summed E-state index contributed by atoms with van der Waals surface area (Å²) in [6.07, 6.45) is 0. The summed E-state index contributed by atoms with van der Waals surface area (Å²) in [5.41, 5.74) is 5.86. The van der Waals surface area contributed by atoms with Crippen molar-refractivity contribution >= 4 is 28.2 Å². The van der Waals surface area contributed by atoms with Gasteiger partial charge in [0.25, 0.3) is 5.91 Å². The fourth-order valence-corrected chi connectivity index (χ4v) is 3.02. The molecule has 0 atom stereocenters. The minimum Gasteiger partial charge on any atom is -0.382 e. The topological polar surface area (TPSA) is 74.5 Å². The number of nitrogens with one attached hydrogen (secondary N) is 1. The molecule has 120 valence electrons. The minimum atomic E-state index is -0.146. The van der Waals surface area contributed by atoms with E-state index in [2.05, 4.69) is 29.0 Å². The Morgan fingerprint density at radius 2 is 2.00 bits per heavy atom. The Morgan fingerprint density at radius 3 is 2.52 bits per heavy atom. The van der Waals surface area contributed by atoms with Crippen LogP contribution in [0.5, 0.6) is 0 Å². The van der Waals surface area contributed by atoms with Crippen molar-refractivity contribution in [2.24, 2.45) is 5.41 Å². The standard InChI is InChI=1S/C14H27N5OS/c1-7-19(6)13-17-11(15)10(21-13)12(20)16-8-14(2,3)9-18(4)5/h7-9,15H2,1-6H3,(H,16,20). The van der Waals surface area contributed by atoms with Gasteiger partial charge in [-0.05, 0) is 26.4 Å². The van der Waals surface area contributed by atoms with Gasteiger partial charge in [-0.2, -0.15) is 0 Å². The lowest BCUT2D eigenvalue weighted by Crippen LogP contribution is -2.39. The summed E-state index contributed by atoms with van der Waals surface area (Å²) in [5.74, 6) is 0.158. The average molecular weight is 313 g/mol. The molecule has 3 N–H and O–H groups in total. The van der Waals surface area contributed by atoms with Crippen LogP contribution in [0.2, 0.25) is 0 Å². The van der Waals surface area contributed by atoms with Crippen LogP contribution in [0.25, 0.3) is 0 Å². The Hall–Kier alpha value is -1.34. The lowest BCUT2D eigenvalue weighted by atomic mass is 9.93. The van der Waals surface area contributed by atoms with Crippen LogP contribution in [-0.4, -0.2) is 56.6 Å². The first-order valence-corrected chi connectivity index (χ1v) is 7.88. The smallest absolute Gasteiger partial charge is 0.265 e. The van der Waals surface area contributed by atoms with Gasteiger partial charge in [-0.25, -0.2) is 4.98 Å². The van der Waals surface area contributed by atoms with Gasteiger partial charge < -0.3 is 20.9 Å². The number of nitrogens with two attached hydrogens (primary N) is 1. The van der Waals surface area contributed by atoms with Crippen molar-refractivity contribution in [3.8, 4) is 0 Å². The highest BCUT2D eigenvalue weighted by Crippen LogP contribution is 2.27. The van der Waals surface area contributed by atoms with Crippen molar-refractivity contribution in [3.63, 3.8) is 0 Å². The number of nitrogens with zero attached hydrogens (tertiary/aromatic N) is 3. The molecular formula is C14H27N5OS. The van der Waals surface area contributed by atoms with Crippen LogP contribution < -0.4 is 16.0 Å². The van der Waals surface area contributed by atoms with E-state index in [1.165, 1.54) is 11.3 Å². The summed E-state index contributed by atoms with van der Waals surface area (Å²) >= 11 is 1.33. The van der Waals surface area contributed by atoms with Crippen molar-refractivity contribution in [1.82, 2.24) is 15.2 Å². The van der Waals surface area contributed by atoms with Crippen molar-refractivity contribution in [2.75, 3.05) is 51.4 Å². The monoisotopic (exact) mass is 313 g/mol. The van der Waals surface area contributed by atoms with E-state index in [-0.39, 0.29) is 11.3 Å². The van der Waals surface area contributed by atoms with Gasteiger partial charge in [-0.3, -0.25) is 4.79 Å². The van der Waals surface area contributed by atoms with Gasteiger partial charge in [0.1, 0.15) is 10.7 Å². The molecule has 1 amide bonds. The molecule has 0 radical (unpaired) electrons. The average Bonchev–Trinajstić information content (AvgIpc) is 2.76. The Morgan fingerprint density at radius 1 is 1.38 bits per heavy atom. The predicted molar refractivity (Wildman–Crippen MR) is 90.1 cm³/mol. The summed E-state index contributed by atoms with van der Waals surface area (Å²) in [4.78, 5) is 21.1. The summed E-state index contributed by atoms with van der Waals surface area (Å²) in [7, 11) is 5.98. The number of aromatic nitrogens is 1. The molecule has 0 aromatic carbocycles. The summed E-state index contributed by atoms with van der Waals surface area (Å²) in [5, 5.41) is 3.73. The summed E-state index contributed by atoms with van der Waals surface area (Å²) in [6.45, 7) is 8.60. The van der Waals surface area contributed by atoms with Crippen molar-refractivity contribution in [3.05, 3.63) is 4.88 Å². The second-order valence-corrected chi connectivity index (χ2v) is 7.29. The van der Waals surface area contributed by atoms with E-state index in [1.54, 1.807) is 0 Å². The maximum atomic E-state index is 12.3. The number of hydrogen-bond donors (Lipinski definition) is 2. The van der Waals surface area contributed by atoms with Gasteiger partial charge in [0.15, 0.2) is 5.13 Å². The molecule has 0 spiro atoms. The van der Waals surface area contributed by atoms with Gasteiger partial charge in [-0.1, -0.05) is 25.2 Å². The third-order valence-corrected chi connectivity index (χ3v) is 4.31. The highest BCUT2D eigenvalue weighted by molar-refractivity contribution is 7.18. The second kappa shape index (κ2) is 7.09.